The Kier molecular flexibility index (Phi) is 8.63. The number of nitrogens with zero attached hydrogens (tertiary/aromatic N) is 3. The van der Waals surface area contributed by atoms with Crippen LogP contribution in [-0.2, 0) is 20.8 Å². The highest BCUT2D eigenvalue weighted by molar-refractivity contribution is 5.80. The van der Waals surface area contributed by atoms with Gasteiger partial charge in [-0.1, -0.05) is 12.1 Å². The molecule has 2 saturated heterocycles. The number of carbonyl (C=O) groups excluding carboxylic acids is 1. The topological polar surface area (TPSA) is 106 Å². The number of rotatable bonds is 7. The Balaban J connectivity index is 1.63. The fourth-order valence-corrected chi connectivity index (χ4v) is 3.92. The van der Waals surface area contributed by atoms with Gasteiger partial charge < -0.3 is 19.7 Å². The van der Waals surface area contributed by atoms with Gasteiger partial charge in [-0.3, -0.25) is 14.9 Å². The van der Waals surface area contributed by atoms with Gasteiger partial charge in [-0.05, 0) is 44.6 Å². The summed E-state index contributed by atoms with van der Waals surface area (Å²) in [5.41, 5.74) is 0.974. The predicted octanol–water partition coefficient (Wildman–Crippen LogP) is 2.88. The maximum Gasteiger partial charge on any atom is 0.309 e. The predicted molar refractivity (Wildman–Crippen MR) is 117 cm³/mol. The molecule has 0 amide bonds. The summed E-state index contributed by atoms with van der Waals surface area (Å²) in [6.07, 6.45) is 4.96. The van der Waals surface area contributed by atoms with Crippen molar-refractivity contribution in [3.05, 3.63) is 39.9 Å². The molecule has 1 aromatic rings. The van der Waals surface area contributed by atoms with Gasteiger partial charge >= 0.3 is 5.97 Å². The summed E-state index contributed by atoms with van der Waals surface area (Å²) in [6, 6.07) is 6.46. The fraction of sp³-hybridized carbons (Fsp3) is 0.636. The SMILES string of the molecule is CCOC(=O)C1CCN(C(=NCc2ccc([N+](=O)[O-])cc2)NCC2CCCCO2)CC1. The van der Waals surface area contributed by atoms with Crippen LogP contribution in [0.4, 0.5) is 5.69 Å². The molecule has 0 saturated carbocycles. The maximum absolute atomic E-state index is 12.0. The van der Waals surface area contributed by atoms with Crippen molar-refractivity contribution in [2.24, 2.45) is 10.9 Å². The molecular weight excluding hydrogens is 400 g/mol. The van der Waals surface area contributed by atoms with Gasteiger partial charge in [0.1, 0.15) is 0 Å². The van der Waals surface area contributed by atoms with Gasteiger partial charge in [0, 0.05) is 38.4 Å². The molecule has 31 heavy (non-hydrogen) atoms. The molecule has 0 aliphatic carbocycles. The third kappa shape index (κ3) is 6.92. The highest BCUT2D eigenvalue weighted by Crippen LogP contribution is 2.20. The van der Waals surface area contributed by atoms with E-state index in [4.69, 9.17) is 14.5 Å². The summed E-state index contributed by atoms with van der Waals surface area (Å²) in [6.45, 7) is 5.59. The standard InChI is InChI=1S/C22H32N4O5/c1-2-30-21(27)18-10-12-25(13-11-18)22(24-16-20-5-3-4-14-31-20)23-15-17-6-8-19(9-7-17)26(28)29/h6-9,18,20H,2-5,10-16H2,1H3,(H,23,24). The summed E-state index contributed by atoms with van der Waals surface area (Å²) in [5, 5.41) is 14.3. The molecule has 0 bridgehead atoms. The molecular formula is C22H32N4O5. The van der Waals surface area contributed by atoms with E-state index < -0.39 is 4.92 Å². The molecule has 0 spiro atoms. The first-order chi connectivity index (χ1) is 15.1. The number of carbonyl (C=O) groups is 1. The Hall–Kier alpha value is -2.68. The number of hydrogen-bond donors (Lipinski definition) is 1. The molecule has 2 fully saturated rings. The van der Waals surface area contributed by atoms with E-state index in [1.165, 1.54) is 18.6 Å². The first-order valence-corrected chi connectivity index (χ1v) is 11.1. The summed E-state index contributed by atoms with van der Waals surface area (Å²) in [4.78, 5) is 29.4. The van der Waals surface area contributed by atoms with E-state index in [-0.39, 0.29) is 23.7 Å². The van der Waals surface area contributed by atoms with Crippen molar-refractivity contribution < 1.29 is 19.2 Å². The number of piperidine rings is 1. The number of nitro benzene ring substituents is 1. The fourth-order valence-electron chi connectivity index (χ4n) is 3.92. The quantitative estimate of drug-likeness (QED) is 0.232. The molecule has 2 heterocycles. The van der Waals surface area contributed by atoms with Gasteiger partial charge in [0.05, 0.1) is 30.1 Å². The first-order valence-electron chi connectivity index (χ1n) is 11.1. The van der Waals surface area contributed by atoms with Gasteiger partial charge in [0.2, 0.25) is 0 Å². The van der Waals surface area contributed by atoms with Crippen molar-refractivity contribution in [2.45, 2.75) is 51.7 Å². The molecule has 0 radical (unpaired) electrons. The van der Waals surface area contributed by atoms with Crippen LogP contribution in [0.1, 0.15) is 44.6 Å². The van der Waals surface area contributed by atoms with Gasteiger partial charge in [0.15, 0.2) is 5.96 Å². The lowest BCUT2D eigenvalue weighted by Crippen LogP contribution is -2.49. The second-order valence-electron chi connectivity index (χ2n) is 7.95. The van der Waals surface area contributed by atoms with Gasteiger partial charge in [-0.2, -0.15) is 0 Å². The number of nitrogens with one attached hydrogen (secondary N) is 1. The van der Waals surface area contributed by atoms with E-state index in [0.717, 1.165) is 56.9 Å². The van der Waals surface area contributed by atoms with Crippen LogP contribution in [0.2, 0.25) is 0 Å². The van der Waals surface area contributed by atoms with Crippen LogP contribution in [0, 0.1) is 16.0 Å². The zero-order chi connectivity index (χ0) is 22.1. The summed E-state index contributed by atoms with van der Waals surface area (Å²) in [5.74, 6) is 0.610. The molecule has 1 N–H and O–H groups in total. The molecule has 0 aromatic heterocycles. The number of hydrogen-bond acceptors (Lipinski definition) is 6. The zero-order valence-corrected chi connectivity index (χ0v) is 18.1. The summed E-state index contributed by atoms with van der Waals surface area (Å²) >= 11 is 0. The number of aliphatic imine (C=N–C) groups is 1. The minimum Gasteiger partial charge on any atom is -0.466 e. The third-order valence-electron chi connectivity index (χ3n) is 5.73. The van der Waals surface area contributed by atoms with E-state index >= 15 is 0 Å². The Morgan fingerprint density at radius 2 is 2.00 bits per heavy atom. The van der Waals surface area contributed by atoms with Crippen molar-refractivity contribution in [1.82, 2.24) is 10.2 Å². The Morgan fingerprint density at radius 1 is 1.26 bits per heavy atom. The summed E-state index contributed by atoms with van der Waals surface area (Å²) in [7, 11) is 0. The van der Waals surface area contributed by atoms with Crippen LogP contribution in [0.5, 0.6) is 0 Å². The number of ether oxygens (including phenoxy) is 2. The van der Waals surface area contributed by atoms with E-state index in [1.54, 1.807) is 12.1 Å². The number of nitro groups is 1. The van der Waals surface area contributed by atoms with Crippen molar-refractivity contribution in [3.8, 4) is 0 Å². The van der Waals surface area contributed by atoms with Crippen LogP contribution in [0.15, 0.2) is 29.3 Å². The van der Waals surface area contributed by atoms with Crippen LogP contribution >= 0.6 is 0 Å². The van der Waals surface area contributed by atoms with Gasteiger partial charge in [0.25, 0.3) is 5.69 Å². The smallest absolute Gasteiger partial charge is 0.309 e. The molecule has 1 aromatic carbocycles. The largest absolute Gasteiger partial charge is 0.466 e. The number of likely N-dealkylation sites (tertiary alicyclic amines) is 1. The van der Waals surface area contributed by atoms with E-state index in [1.807, 2.05) is 6.92 Å². The van der Waals surface area contributed by atoms with Crippen LogP contribution in [0.3, 0.4) is 0 Å². The lowest BCUT2D eigenvalue weighted by molar-refractivity contribution is -0.384. The summed E-state index contributed by atoms with van der Waals surface area (Å²) < 4.78 is 11.0. The van der Waals surface area contributed by atoms with E-state index in [0.29, 0.717) is 19.7 Å². The van der Waals surface area contributed by atoms with Crippen LogP contribution in [-0.4, -0.2) is 60.7 Å². The highest BCUT2D eigenvalue weighted by atomic mass is 16.6. The lowest BCUT2D eigenvalue weighted by Gasteiger charge is -2.34. The highest BCUT2D eigenvalue weighted by Gasteiger charge is 2.28. The van der Waals surface area contributed by atoms with Gasteiger partial charge in [-0.25, -0.2) is 4.99 Å². The molecule has 9 heteroatoms. The zero-order valence-electron chi connectivity index (χ0n) is 18.1. The normalized spacial score (nSPS) is 20.4. The molecule has 1 unspecified atom stereocenters. The second-order valence-corrected chi connectivity index (χ2v) is 7.95. The Morgan fingerprint density at radius 3 is 2.61 bits per heavy atom. The maximum atomic E-state index is 12.0. The monoisotopic (exact) mass is 432 g/mol. The van der Waals surface area contributed by atoms with E-state index in [2.05, 4.69) is 10.2 Å². The second kappa shape index (κ2) is 11.6. The average molecular weight is 433 g/mol. The molecule has 9 nitrogen and oxygen atoms in total. The van der Waals surface area contributed by atoms with Crippen molar-refractivity contribution in [2.75, 3.05) is 32.8 Å². The first kappa shape index (κ1) is 23.0. The van der Waals surface area contributed by atoms with E-state index in [9.17, 15) is 14.9 Å². The van der Waals surface area contributed by atoms with Crippen LogP contribution < -0.4 is 5.32 Å². The van der Waals surface area contributed by atoms with Crippen molar-refractivity contribution in [3.63, 3.8) is 0 Å². The molecule has 170 valence electrons. The lowest BCUT2D eigenvalue weighted by atomic mass is 9.97. The number of esters is 1. The molecule has 3 rings (SSSR count). The third-order valence-corrected chi connectivity index (χ3v) is 5.73. The number of non-ortho nitro benzene ring substituents is 1. The molecule has 1 atom stereocenters. The minimum atomic E-state index is -0.405. The molecule has 2 aliphatic heterocycles. The Bertz CT molecular complexity index is 754. The van der Waals surface area contributed by atoms with Crippen LogP contribution in [0.25, 0.3) is 0 Å². The van der Waals surface area contributed by atoms with Crippen molar-refractivity contribution in [1.29, 1.82) is 0 Å². The van der Waals surface area contributed by atoms with Crippen molar-refractivity contribution >= 4 is 17.6 Å². The minimum absolute atomic E-state index is 0.0613. The number of guanidine groups is 1. The Labute approximate surface area is 183 Å². The average Bonchev–Trinajstić information content (AvgIpc) is 2.80. The number of benzene rings is 1. The molecule has 2 aliphatic rings. The van der Waals surface area contributed by atoms with Gasteiger partial charge in [-0.15, -0.1) is 0 Å².